The molecule has 104 valence electrons. The molecule has 0 aliphatic heterocycles. The van der Waals surface area contributed by atoms with E-state index >= 15 is 0 Å². The third-order valence-electron chi connectivity index (χ3n) is 2.67. The lowest BCUT2D eigenvalue weighted by atomic mass is 10.2. The van der Waals surface area contributed by atoms with E-state index in [4.69, 9.17) is 5.11 Å². The highest BCUT2D eigenvalue weighted by Crippen LogP contribution is 2.22. The Morgan fingerprint density at radius 2 is 2.11 bits per heavy atom. The quantitative estimate of drug-likeness (QED) is 0.858. The monoisotopic (exact) mass is 317 g/mol. The Balaban J connectivity index is 2.07. The molecule has 0 saturated heterocycles. The summed E-state index contributed by atoms with van der Waals surface area (Å²) in [6.45, 7) is 2.30. The van der Waals surface area contributed by atoms with E-state index in [0.29, 0.717) is 17.2 Å². The second-order valence-corrected chi connectivity index (χ2v) is 8.00. The van der Waals surface area contributed by atoms with Gasteiger partial charge in [0.05, 0.1) is 0 Å². The van der Waals surface area contributed by atoms with Gasteiger partial charge in [0.2, 0.25) is 10.0 Å². The minimum Gasteiger partial charge on any atom is -0.396 e. The van der Waals surface area contributed by atoms with Crippen molar-refractivity contribution in [1.29, 1.82) is 0 Å². The van der Waals surface area contributed by atoms with Crippen LogP contribution in [0.15, 0.2) is 27.1 Å². The third kappa shape index (κ3) is 3.64. The van der Waals surface area contributed by atoms with Crippen LogP contribution in [0, 0.1) is 6.92 Å². The van der Waals surface area contributed by atoms with Gasteiger partial charge in [-0.15, -0.1) is 11.3 Å². The molecule has 2 rings (SSSR count). The zero-order valence-electron chi connectivity index (χ0n) is 10.4. The van der Waals surface area contributed by atoms with Crippen LogP contribution in [0.25, 0.3) is 0 Å². The molecule has 0 aliphatic carbocycles. The van der Waals surface area contributed by atoms with E-state index in [-0.39, 0.29) is 6.61 Å². The van der Waals surface area contributed by atoms with Crippen molar-refractivity contribution >= 4 is 32.7 Å². The molecule has 7 heteroatoms. The standard InChI is InChI=1S/C12H15NO3S3/c1-9-7-17-8-10(9)6-13-19(15,16)12-3-2-11(18-12)4-5-14/h2-3,7-8,13-14H,4-6H2,1H3. The summed E-state index contributed by atoms with van der Waals surface area (Å²) in [5, 5.41) is 12.8. The minimum atomic E-state index is -3.46. The largest absolute Gasteiger partial charge is 0.396 e. The Morgan fingerprint density at radius 3 is 2.74 bits per heavy atom. The summed E-state index contributed by atoms with van der Waals surface area (Å²) in [6.07, 6.45) is 0.490. The van der Waals surface area contributed by atoms with Crippen molar-refractivity contribution in [2.75, 3.05) is 6.61 Å². The van der Waals surface area contributed by atoms with Gasteiger partial charge in [-0.1, -0.05) is 0 Å². The Morgan fingerprint density at radius 1 is 1.32 bits per heavy atom. The molecule has 19 heavy (non-hydrogen) atoms. The van der Waals surface area contributed by atoms with Crippen molar-refractivity contribution < 1.29 is 13.5 Å². The Labute approximate surface area is 120 Å². The van der Waals surface area contributed by atoms with Gasteiger partial charge in [0, 0.05) is 24.4 Å². The number of rotatable bonds is 6. The topological polar surface area (TPSA) is 66.4 Å². The third-order valence-corrected chi connectivity index (χ3v) is 6.62. The molecule has 2 N–H and O–H groups in total. The van der Waals surface area contributed by atoms with Crippen molar-refractivity contribution in [2.24, 2.45) is 0 Å². The van der Waals surface area contributed by atoms with Gasteiger partial charge in [-0.2, -0.15) is 11.3 Å². The van der Waals surface area contributed by atoms with Crippen LogP contribution in [0.5, 0.6) is 0 Å². The molecule has 2 aromatic heterocycles. The molecule has 0 bridgehead atoms. The van der Waals surface area contributed by atoms with Crippen LogP contribution >= 0.6 is 22.7 Å². The predicted octanol–water partition coefficient (Wildman–Crippen LogP) is 2.13. The van der Waals surface area contributed by atoms with E-state index in [9.17, 15) is 8.42 Å². The number of aliphatic hydroxyl groups is 1. The normalized spacial score (nSPS) is 11.9. The molecule has 0 aromatic carbocycles. The summed E-state index contributed by atoms with van der Waals surface area (Å²) in [6, 6.07) is 3.32. The number of aryl methyl sites for hydroxylation is 1. The predicted molar refractivity (Wildman–Crippen MR) is 78.2 cm³/mol. The summed E-state index contributed by atoms with van der Waals surface area (Å²) in [5.41, 5.74) is 2.10. The van der Waals surface area contributed by atoms with Crippen LogP contribution in [0.1, 0.15) is 16.0 Å². The Bertz CT molecular complexity index is 643. The van der Waals surface area contributed by atoms with E-state index in [1.54, 1.807) is 23.5 Å². The molecular formula is C12H15NO3S3. The highest BCUT2D eigenvalue weighted by molar-refractivity contribution is 7.91. The molecule has 0 saturated carbocycles. The summed E-state index contributed by atoms with van der Waals surface area (Å²) in [5.74, 6) is 0. The average Bonchev–Trinajstić information content (AvgIpc) is 2.97. The van der Waals surface area contributed by atoms with Crippen molar-refractivity contribution in [3.05, 3.63) is 38.9 Å². The first-order chi connectivity index (χ1) is 9.03. The average molecular weight is 317 g/mol. The lowest BCUT2D eigenvalue weighted by molar-refractivity contribution is 0.300. The van der Waals surface area contributed by atoms with Gasteiger partial charge in [-0.05, 0) is 40.9 Å². The van der Waals surface area contributed by atoms with Crippen LogP contribution in [-0.4, -0.2) is 20.1 Å². The van der Waals surface area contributed by atoms with E-state index in [0.717, 1.165) is 16.0 Å². The number of sulfonamides is 1. The molecule has 0 radical (unpaired) electrons. The van der Waals surface area contributed by atoms with Crippen LogP contribution in [0.3, 0.4) is 0 Å². The van der Waals surface area contributed by atoms with Crippen molar-refractivity contribution in [3.63, 3.8) is 0 Å². The molecule has 0 fully saturated rings. The molecule has 2 heterocycles. The van der Waals surface area contributed by atoms with Crippen molar-refractivity contribution in [1.82, 2.24) is 4.72 Å². The smallest absolute Gasteiger partial charge is 0.250 e. The summed E-state index contributed by atoms with van der Waals surface area (Å²) in [4.78, 5) is 0.870. The number of hydrogen-bond acceptors (Lipinski definition) is 5. The van der Waals surface area contributed by atoms with Gasteiger partial charge < -0.3 is 5.11 Å². The maximum absolute atomic E-state index is 12.1. The zero-order valence-corrected chi connectivity index (χ0v) is 12.9. The molecule has 0 spiro atoms. The molecule has 4 nitrogen and oxygen atoms in total. The SMILES string of the molecule is Cc1cscc1CNS(=O)(=O)c1ccc(CCO)s1. The van der Waals surface area contributed by atoms with Crippen LogP contribution in [0.4, 0.5) is 0 Å². The Kier molecular flexibility index (Phi) is 4.75. The number of hydrogen-bond donors (Lipinski definition) is 2. The van der Waals surface area contributed by atoms with E-state index in [1.165, 1.54) is 11.3 Å². The number of aliphatic hydroxyl groups excluding tert-OH is 1. The lowest BCUT2D eigenvalue weighted by Crippen LogP contribution is -2.22. The summed E-state index contributed by atoms with van der Waals surface area (Å²) in [7, 11) is -3.46. The lowest BCUT2D eigenvalue weighted by Gasteiger charge is -2.04. The maximum Gasteiger partial charge on any atom is 0.250 e. The molecule has 0 atom stereocenters. The second kappa shape index (κ2) is 6.15. The second-order valence-electron chi connectivity index (χ2n) is 4.10. The van der Waals surface area contributed by atoms with Gasteiger partial charge in [0.15, 0.2) is 0 Å². The van der Waals surface area contributed by atoms with E-state index < -0.39 is 10.0 Å². The first-order valence-electron chi connectivity index (χ1n) is 5.74. The molecule has 0 unspecified atom stereocenters. The highest BCUT2D eigenvalue weighted by atomic mass is 32.2. The fraction of sp³-hybridized carbons (Fsp3) is 0.333. The van der Waals surface area contributed by atoms with Crippen molar-refractivity contribution in [2.45, 2.75) is 24.1 Å². The van der Waals surface area contributed by atoms with Crippen molar-refractivity contribution in [3.8, 4) is 0 Å². The molecule has 0 amide bonds. The molecule has 0 aliphatic rings. The number of nitrogens with one attached hydrogen (secondary N) is 1. The van der Waals surface area contributed by atoms with Gasteiger partial charge in [0.1, 0.15) is 4.21 Å². The van der Waals surface area contributed by atoms with Crippen LogP contribution in [-0.2, 0) is 23.0 Å². The molecule has 2 aromatic rings. The fourth-order valence-electron chi connectivity index (χ4n) is 1.56. The maximum atomic E-state index is 12.1. The van der Waals surface area contributed by atoms with Gasteiger partial charge >= 0.3 is 0 Å². The summed E-state index contributed by atoms with van der Waals surface area (Å²) < 4.78 is 27.1. The van der Waals surface area contributed by atoms with E-state index in [2.05, 4.69) is 4.72 Å². The van der Waals surface area contributed by atoms with Crippen LogP contribution < -0.4 is 4.72 Å². The molecular weight excluding hydrogens is 302 g/mol. The first kappa shape index (κ1) is 14.7. The van der Waals surface area contributed by atoms with E-state index in [1.807, 2.05) is 17.7 Å². The van der Waals surface area contributed by atoms with Crippen LogP contribution in [0.2, 0.25) is 0 Å². The summed E-state index contributed by atoms with van der Waals surface area (Å²) >= 11 is 2.76. The minimum absolute atomic E-state index is 0.0293. The highest BCUT2D eigenvalue weighted by Gasteiger charge is 2.16. The zero-order chi connectivity index (χ0) is 13.9. The van der Waals surface area contributed by atoms with Gasteiger partial charge in [-0.3, -0.25) is 0 Å². The number of thiophene rings is 2. The fourth-order valence-corrected chi connectivity index (χ4v) is 4.81. The first-order valence-corrected chi connectivity index (χ1v) is 8.98. The Hall–Kier alpha value is -0.730. The van der Waals surface area contributed by atoms with Gasteiger partial charge in [0.25, 0.3) is 0 Å². The van der Waals surface area contributed by atoms with Gasteiger partial charge in [-0.25, -0.2) is 13.1 Å².